The molecule has 94 valence electrons. The second-order valence-electron chi connectivity index (χ2n) is 4.59. The average Bonchev–Trinajstić information content (AvgIpc) is 2.82. The second-order valence-corrected chi connectivity index (χ2v) is 4.59. The Hall–Kier alpha value is -1.32. The van der Waals surface area contributed by atoms with Gasteiger partial charge in [0.05, 0.1) is 25.0 Å². The molecule has 1 aliphatic carbocycles. The van der Waals surface area contributed by atoms with Gasteiger partial charge in [-0.25, -0.2) is 4.79 Å². The molecule has 0 aromatic carbocycles. The number of carbonyl (C=O) groups is 1. The zero-order chi connectivity index (χ0) is 12.3. The van der Waals surface area contributed by atoms with Gasteiger partial charge in [-0.05, 0) is 19.3 Å². The van der Waals surface area contributed by atoms with E-state index in [1.165, 1.54) is 39.2 Å². The van der Waals surface area contributed by atoms with Crippen LogP contribution >= 0.6 is 0 Å². The van der Waals surface area contributed by atoms with Crippen molar-refractivity contribution in [3.8, 4) is 0 Å². The zero-order valence-corrected chi connectivity index (χ0v) is 10.6. The molecular formula is C13H20N2O2. The first kappa shape index (κ1) is 12.1. The van der Waals surface area contributed by atoms with Crippen molar-refractivity contribution in [2.45, 2.75) is 51.5 Å². The predicted molar refractivity (Wildman–Crippen MR) is 65.1 cm³/mol. The van der Waals surface area contributed by atoms with Gasteiger partial charge >= 0.3 is 5.97 Å². The third-order valence-electron chi connectivity index (χ3n) is 3.56. The van der Waals surface area contributed by atoms with Crippen molar-refractivity contribution in [3.63, 3.8) is 0 Å². The molecule has 1 heterocycles. The number of rotatable bonds is 3. The number of methoxy groups -OCH3 is 1. The number of esters is 1. The van der Waals surface area contributed by atoms with E-state index in [0.717, 1.165) is 12.1 Å². The molecule has 4 nitrogen and oxygen atoms in total. The molecule has 1 aromatic rings. The Bertz CT molecular complexity index is 392. The summed E-state index contributed by atoms with van der Waals surface area (Å²) in [5.41, 5.74) is 1.64. The number of ether oxygens (including phenoxy) is 1. The first-order chi connectivity index (χ1) is 8.27. The summed E-state index contributed by atoms with van der Waals surface area (Å²) in [7, 11) is 1.42. The molecule has 0 saturated heterocycles. The maximum absolute atomic E-state index is 11.6. The minimum atomic E-state index is -0.274. The molecular weight excluding hydrogens is 216 g/mol. The standard InChI is InChI=1S/C13H20N2O2/c1-3-12-11(13(16)17-2)9-14-15(12)10-7-5-4-6-8-10/h9-10H,3-8H2,1-2H3. The van der Waals surface area contributed by atoms with Crippen molar-refractivity contribution in [1.29, 1.82) is 0 Å². The summed E-state index contributed by atoms with van der Waals surface area (Å²) < 4.78 is 6.83. The van der Waals surface area contributed by atoms with E-state index >= 15 is 0 Å². The molecule has 0 atom stereocenters. The number of hydrogen-bond donors (Lipinski definition) is 0. The molecule has 1 aliphatic rings. The highest BCUT2D eigenvalue weighted by Crippen LogP contribution is 2.29. The summed E-state index contributed by atoms with van der Waals surface area (Å²) in [4.78, 5) is 11.6. The van der Waals surface area contributed by atoms with Crippen LogP contribution in [0, 0.1) is 0 Å². The SMILES string of the molecule is CCc1c(C(=O)OC)cnn1C1CCCCC1. The van der Waals surface area contributed by atoms with Crippen molar-refractivity contribution in [2.24, 2.45) is 0 Å². The van der Waals surface area contributed by atoms with Crippen LogP contribution in [0.15, 0.2) is 6.20 Å². The smallest absolute Gasteiger partial charge is 0.341 e. The maximum Gasteiger partial charge on any atom is 0.341 e. The van der Waals surface area contributed by atoms with Crippen LogP contribution in [-0.4, -0.2) is 22.9 Å². The zero-order valence-electron chi connectivity index (χ0n) is 10.6. The first-order valence-electron chi connectivity index (χ1n) is 6.42. The van der Waals surface area contributed by atoms with Crippen LogP contribution in [0.5, 0.6) is 0 Å². The second kappa shape index (κ2) is 5.34. The highest BCUT2D eigenvalue weighted by Gasteiger charge is 2.22. The van der Waals surface area contributed by atoms with Crippen LogP contribution in [0.2, 0.25) is 0 Å². The largest absolute Gasteiger partial charge is 0.465 e. The van der Waals surface area contributed by atoms with Crippen LogP contribution in [0.4, 0.5) is 0 Å². The Morgan fingerprint density at radius 3 is 2.76 bits per heavy atom. The highest BCUT2D eigenvalue weighted by molar-refractivity contribution is 5.90. The van der Waals surface area contributed by atoms with E-state index < -0.39 is 0 Å². The van der Waals surface area contributed by atoms with Gasteiger partial charge < -0.3 is 4.74 Å². The lowest BCUT2D eigenvalue weighted by atomic mass is 9.95. The van der Waals surface area contributed by atoms with Crippen molar-refractivity contribution in [2.75, 3.05) is 7.11 Å². The molecule has 1 saturated carbocycles. The van der Waals surface area contributed by atoms with E-state index in [9.17, 15) is 4.79 Å². The number of nitrogens with zero attached hydrogens (tertiary/aromatic N) is 2. The molecule has 0 aliphatic heterocycles. The molecule has 0 radical (unpaired) electrons. The van der Waals surface area contributed by atoms with Crippen molar-refractivity contribution in [3.05, 3.63) is 17.5 Å². The van der Waals surface area contributed by atoms with E-state index in [1.807, 2.05) is 4.68 Å². The van der Waals surface area contributed by atoms with Crippen LogP contribution in [0.3, 0.4) is 0 Å². The molecule has 0 unspecified atom stereocenters. The van der Waals surface area contributed by atoms with Crippen LogP contribution in [0.1, 0.15) is 61.1 Å². The Kier molecular flexibility index (Phi) is 3.82. The fourth-order valence-electron chi connectivity index (χ4n) is 2.66. The molecule has 1 aromatic heterocycles. The Morgan fingerprint density at radius 1 is 1.47 bits per heavy atom. The van der Waals surface area contributed by atoms with E-state index in [0.29, 0.717) is 11.6 Å². The molecule has 17 heavy (non-hydrogen) atoms. The monoisotopic (exact) mass is 236 g/mol. The summed E-state index contributed by atoms with van der Waals surface area (Å²) in [6.45, 7) is 2.06. The van der Waals surface area contributed by atoms with Crippen molar-refractivity contribution >= 4 is 5.97 Å². The minimum absolute atomic E-state index is 0.274. The van der Waals surface area contributed by atoms with Crippen molar-refractivity contribution in [1.82, 2.24) is 9.78 Å². The normalized spacial score (nSPS) is 17.1. The molecule has 4 heteroatoms. The van der Waals surface area contributed by atoms with E-state index in [2.05, 4.69) is 12.0 Å². The summed E-state index contributed by atoms with van der Waals surface area (Å²) in [5, 5.41) is 4.40. The van der Waals surface area contributed by atoms with Crippen LogP contribution in [0.25, 0.3) is 0 Å². The third-order valence-corrected chi connectivity index (χ3v) is 3.56. The number of aromatic nitrogens is 2. The fourth-order valence-corrected chi connectivity index (χ4v) is 2.66. The molecule has 2 rings (SSSR count). The van der Waals surface area contributed by atoms with Gasteiger partial charge in [-0.2, -0.15) is 5.10 Å². The predicted octanol–water partition coefficient (Wildman–Crippen LogP) is 2.74. The Morgan fingerprint density at radius 2 is 2.18 bits per heavy atom. The van der Waals surface area contributed by atoms with Gasteiger partial charge in [-0.1, -0.05) is 26.2 Å². The topological polar surface area (TPSA) is 44.1 Å². The van der Waals surface area contributed by atoms with Gasteiger partial charge in [-0.15, -0.1) is 0 Å². The minimum Gasteiger partial charge on any atom is -0.465 e. The molecule has 0 spiro atoms. The number of hydrogen-bond acceptors (Lipinski definition) is 3. The maximum atomic E-state index is 11.6. The summed E-state index contributed by atoms with van der Waals surface area (Å²) in [6, 6.07) is 0.470. The Balaban J connectivity index is 2.27. The Labute approximate surface area is 102 Å². The van der Waals surface area contributed by atoms with Gasteiger partial charge in [0.2, 0.25) is 0 Å². The van der Waals surface area contributed by atoms with Gasteiger partial charge in [0.1, 0.15) is 5.56 Å². The first-order valence-corrected chi connectivity index (χ1v) is 6.42. The van der Waals surface area contributed by atoms with E-state index in [4.69, 9.17) is 4.74 Å². The number of carbonyl (C=O) groups excluding carboxylic acids is 1. The van der Waals surface area contributed by atoms with Gasteiger partial charge in [0.15, 0.2) is 0 Å². The van der Waals surface area contributed by atoms with E-state index in [-0.39, 0.29) is 5.97 Å². The summed E-state index contributed by atoms with van der Waals surface area (Å²) in [5.74, 6) is -0.274. The van der Waals surface area contributed by atoms with Crippen LogP contribution in [-0.2, 0) is 11.2 Å². The van der Waals surface area contributed by atoms with Crippen LogP contribution < -0.4 is 0 Å². The highest BCUT2D eigenvalue weighted by atomic mass is 16.5. The molecule has 0 N–H and O–H groups in total. The summed E-state index contributed by atoms with van der Waals surface area (Å²) in [6.07, 6.45) is 8.68. The molecule has 1 fully saturated rings. The third kappa shape index (κ3) is 2.35. The lowest BCUT2D eigenvalue weighted by Gasteiger charge is -2.23. The fraction of sp³-hybridized carbons (Fsp3) is 0.692. The average molecular weight is 236 g/mol. The summed E-state index contributed by atoms with van der Waals surface area (Å²) >= 11 is 0. The van der Waals surface area contributed by atoms with Gasteiger partial charge in [0.25, 0.3) is 0 Å². The molecule has 0 bridgehead atoms. The van der Waals surface area contributed by atoms with Gasteiger partial charge in [0, 0.05) is 0 Å². The lowest BCUT2D eigenvalue weighted by Crippen LogP contribution is -2.17. The quantitative estimate of drug-likeness (QED) is 0.758. The molecule has 0 amide bonds. The lowest BCUT2D eigenvalue weighted by molar-refractivity contribution is 0.0599. The van der Waals surface area contributed by atoms with Gasteiger partial charge in [-0.3, -0.25) is 4.68 Å². The van der Waals surface area contributed by atoms with E-state index in [1.54, 1.807) is 6.20 Å². The van der Waals surface area contributed by atoms with Crippen molar-refractivity contribution < 1.29 is 9.53 Å².